The molecule has 0 spiro atoms. The Kier molecular flexibility index (Phi) is 14.4. The second-order valence-corrected chi connectivity index (χ2v) is 11.7. The molecule has 212 valence electrons. The number of amides is 1. The van der Waals surface area contributed by atoms with Crippen molar-refractivity contribution in [2.24, 2.45) is 0 Å². The standard InChI is InChI=1S/C33H45ClN2O2S/c1-3-4-5-6-7-8-9-10-11-12-13-14-21-38-32-23-30(34)18-17-29(32)22-33(37)35-31-19-15-28(16-20-31)24-36-26-39-25-27(36)2/h15-20,23,25-26H,3-14,21-22,24H2,1-2H3/p+1. The average molecular weight is 570 g/mol. The van der Waals surface area contributed by atoms with Crippen LogP contribution in [0.1, 0.15) is 101 Å². The van der Waals surface area contributed by atoms with Crippen LogP contribution in [0.5, 0.6) is 5.75 Å². The van der Waals surface area contributed by atoms with Gasteiger partial charge in [0.2, 0.25) is 11.4 Å². The van der Waals surface area contributed by atoms with Gasteiger partial charge >= 0.3 is 0 Å². The monoisotopic (exact) mass is 569 g/mol. The number of unbranched alkanes of at least 4 members (excludes halogenated alkanes) is 11. The van der Waals surface area contributed by atoms with Gasteiger partial charge in [0.1, 0.15) is 5.75 Å². The van der Waals surface area contributed by atoms with Crippen LogP contribution >= 0.6 is 22.9 Å². The van der Waals surface area contributed by atoms with Gasteiger partial charge in [-0.1, -0.05) is 119 Å². The van der Waals surface area contributed by atoms with E-state index in [0.717, 1.165) is 24.2 Å². The zero-order chi connectivity index (χ0) is 27.7. The van der Waals surface area contributed by atoms with Crippen molar-refractivity contribution in [1.82, 2.24) is 0 Å². The van der Waals surface area contributed by atoms with E-state index < -0.39 is 0 Å². The largest absolute Gasteiger partial charge is 0.493 e. The molecule has 0 saturated carbocycles. The first-order chi connectivity index (χ1) is 19.0. The van der Waals surface area contributed by atoms with Crippen LogP contribution < -0.4 is 14.6 Å². The number of benzene rings is 2. The van der Waals surface area contributed by atoms with Crippen molar-refractivity contribution >= 4 is 34.5 Å². The predicted octanol–water partition coefficient (Wildman–Crippen LogP) is 9.31. The summed E-state index contributed by atoms with van der Waals surface area (Å²) in [5.41, 5.74) is 6.22. The number of carbonyl (C=O) groups excluding carboxylic acids is 1. The van der Waals surface area contributed by atoms with Gasteiger partial charge in [0, 0.05) is 28.8 Å². The van der Waals surface area contributed by atoms with Crippen LogP contribution in [0.15, 0.2) is 53.4 Å². The third-order valence-electron chi connectivity index (χ3n) is 7.11. The summed E-state index contributed by atoms with van der Waals surface area (Å²) in [6.07, 6.45) is 16.0. The Morgan fingerprint density at radius 1 is 0.897 bits per heavy atom. The van der Waals surface area contributed by atoms with Crippen molar-refractivity contribution in [2.75, 3.05) is 11.9 Å². The van der Waals surface area contributed by atoms with Crippen LogP contribution in [-0.2, 0) is 17.8 Å². The fraction of sp³-hybridized carbons (Fsp3) is 0.515. The second-order valence-electron chi connectivity index (χ2n) is 10.5. The summed E-state index contributed by atoms with van der Waals surface area (Å²) in [6.45, 7) is 5.86. The summed E-state index contributed by atoms with van der Waals surface area (Å²) in [5, 5.41) is 5.78. The fourth-order valence-corrected chi connectivity index (χ4v) is 5.66. The number of carbonyl (C=O) groups is 1. The van der Waals surface area contributed by atoms with E-state index in [9.17, 15) is 4.79 Å². The Balaban J connectivity index is 1.34. The van der Waals surface area contributed by atoms with Crippen molar-refractivity contribution in [3.63, 3.8) is 0 Å². The van der Waals surface area contributed by atoms with E-state index in [1.54, 1.807) is 11.3 Å². The lowest BCUT2D eigenvalue weighted by Gasteiger charge is -2.13. The topological polar surface area (TPSA) is 42.2 Å². The minimum absolute atomic E-state index is 0.0664. The third-order valence-corrected chi connectivity index (χ3v) is 8.19. The molecule has 1 amide bonds. The molecule has 3 rings (SSSR count). The molecule has 0 atom stereocenters. The molecule has 0 saturated heterocycles. The molecule has 6 heteroatoms. The number of hydrogen-bond donors (Lipinski definition) is 1. The minimum atomic E-state index is -0.0664. The number of nitrogens with one attached hydrogen (secondary N) is 1. The van der Waals surface area contributed by atoms with Gasteiger partial charge < -0.3 is 10.1 Å². The Labute approximate surface area is 244 Å². The van der Waals surface area contributed by atoms with E-state index in [-0.39, 0.29) is 12.3 Å². The lowest BCUT2D eigenvalue weighted by atomic mass is 10.1. The van der Waals surface area contributed by atoms with Gasteiger partial charge in [0.25, 0.3) is 0 Å². The highest BCUT2D eigenvalue weighted by Gasteiger charge is 2.12. The molecule has 0 aliphatic heterocycles. The molecule has 0 aliphatic carbocycles. The molecule has 4 nitrogen and oxygen atoms in total. The molecular weight excluding hydrogens is 524 g/mol. The van der Waals surface area contributed by atoms with Crippen molar-refractivity contribution in [3.8, 4) is 5.75 Å². The summed E-state index contributed by atoms with van der Waals surface area (Å²) in [7, 11) is 0. The Morgan fingerprint density at radius 2 is 1.54 bits per heavy atom. The summed E-state index contributed by atoms with van der Waals surface area (Å²) < 4.78 is 8.29. The maximum Gasteiger partial charge on any atom is 0.228 e. The molecule has 2 aromatic carbocycles. The van der Waals surface area contributed by atoms with Crippen LogP contribution in [0.25, 0.3) is 0 Å². The number of aryl methyl sites for hydroxylation is 1. The number of ether oxygens (including phenoxy) is 1. The number of hydrogen-bond acceptors (Lipinski definition) is 3. The molecule has 0 bridgehead atoms. The first-order valence-corrected chi connectivity index (χ1v) is 16.1. The van der Waals surface area contributed by atoms with E-state index in [4.69, 9.17) is 16.3 Å². The number of halogens is 1. The highest BCUT2D eigenvalue weighted by atomic mass is 35.5. The van der Waals surface area contributed by atoms with Gasteiger partial charge in [-0.2, -0.15) is 4.57 Å². The predicted molar refractivity (Wildman–Crippen MR) is 165 cm³/mol. The van der Waals surface area contributed by atoms with Crippen LogP contribution in [-0.4, -0.2) is 12.5 Å². The van der Waals surface area contributed by atoms with E-state index in [1.807, 2.05) is 30.3 Å². The maximum atomic E-state index is 12.8. The third kappa shape index (κ3) is 12.1. The molecule has 0 radical (unpaired) electrons. The molecule has 0 unspecified atom stereocenters. The Morgan fingerprint density at radius 3 is 2.15 bits per heavy atom. The Bertz CT molecular complexity index is 1110. The summed E-state index contributed by atoms with van der Waals surface area (Å²) in [6, 6.07) is 13.6. The highest BCUT2D eigenvalue weighted by molar-refractivity contribution is 7.07. The van der Waals surface area contributed by atoms with Gasteiger partial charge in [-0.05, 0) is 30.7 Å². The van der Waals surface area contributed by atoms with E-state index in [0.29, 0.717) is 17.4 Å². The summed E-state index contributed by atoms with van der Waals surface area (Å²) in [4.78, 5) is 12.8. The molecule has 1 N–H and O–H groups in total. The van der Waals surface area contributed by atoms with Crippen LogP contribution in [0, 0.1) is 6.92 Å². The zero-order valence-corrected chi connectivity index (χ0v) is 25.4. The summed E-state index contributed by atoms with van der Waals surface area (Å²) in [5.74, 6) is 0.641. The lowest BCUT2D eigenvalue weighted by Crippen LogP contribution is -2.34. The molecule has 3 aromatic rings. The summed E-state index contributed by atoms with van der Waals surface area (Å²) >= 11 is 7.94. The van der Waals surface area contributed by atoms with Gasteiger partial charge in [-0.3, -0.25) is 4.79 Å². The van der Waals surface area contributed by atoms with E-state index in [2.05, 4.69) is 46.8 Å². The van der Waals surface area contributed by atoms with Gasteiger partial charge in [0.05, 0.1) is 18.4 Å². The number of thiazole rings is 1. The van der Waals surface area contributed by atoms with Crippen molar-refractivity contribution in [3.05, 3.63) is 75.2 Å². The molecule has 39 heavy (non-hydrogen) atoms. The Hall–Kier alpha value is -2.37. The maximum absolute atomic E-state index is 12.8. The molecule has 1 heterocycles. The van der Waals surface area contributed by atoms with Crippen molar-refractivity contribution < 1.29 is 14.1 Å². The first kappa shape index (κ1) is 31.2. The van der Waals surface area contributed by atoms with E-state index >= 15 is 0 Å². The number of aromatic nitrogens is 1. The number of nitrogens with zero attached hydrogens (tertiary/aromatic N) is 1. The average Bonchev–Trinajstić information content (AvgIpc) is 3.33. The zero-order valence-electron chi connectivity index (χ0n) is 23.9. The SMILES string of the molecule is CCCCCCCCCCCCCCOc1cc(Cl)ccc1CC(=O)Nc1ccc(C[n+]2cscc2C)cc1. The molecule has 1 aromatic heterocycles. The number of anilines is 1. The molecular formula is C33H46ClN2O2S+. The molecule has 0 aliphatic rings. The van der Waals surface area contributed by atoms with Gasteiger partial charge in [-0.15, -0.1) is 0 Å². The van der Waals surface area contributed by atoms with Crippen molar-refractivity contribution in [1.29, 1.82) is 0 Å². The van der Waals surface area contributed by atoms with Gasteiger partial charge in [-0.25, -0.2) is 0 Å². The van der Waals surface area contributed by atoms with Gasteiger partial charge in [0.15, 0.2) is 12.2 Å². The van der Waals surface area contributed by atoms with Crippen LogP contribution in [0.4, 0.5) is 5.69 Å². The van der Waals surface area contributed by atoms with Crippen LogP contribution in [0.3, 0.4) is 0 Å². The van der Waals surface area contributed by atoms with Crippen molar-refractivity contribution in [2.45, 2.75) is 104 Å². The van der Waals surface area contributed by atoms with E-state index in [1.165, 1.54) is 81.9 Å². The first-order valence-electron chi connectivity index (χ1n) is 14.8. The lowest BCUT2D eigenvalue weighted by molar-refractivity contribution is -0.689. The molecule has 0 fully saturated rings. The smallest absolute Gasteiger partial charge is 0.228 e. The second kappa shape index (κ2) is 18.1. The minimum Gasteiger partial charge on any atom is -0.493 e. The normalized spacial score (nSPS) is 11.1. The van der Waals surface area contributed by atoms with Crippen LogP contribution in [0.2, 0.25) is 5.02 Å². The quantitative estimate of drug-likeness (QED) is 0.115. The fourth-order valence-electron chi connectivity index (χ4n) is 4.72. The number of rotatable bonds is 19. The highest BCUT2D eigenvalue weighted by Crippen LogP contribution is 2.25.